The monoisotopic (exact) mass is 540 g/mol. The lowest BCUT2D eigenvalue weighted by atomic mass is 10.1. The number of imidazole rings is 1. The molecule has 4 aromatic rings. The number of carbonyl (C=O) groups excluding carboxylic acids is 2. The SMILES string of the molecule is C=CC(=O)OC1CC2CN(C(=O)c3cc(OC)c4c(c3)nc(-c3cc5cccnc5n3CC3CC3)n4C)C1C2N. The summed E-state index contributed by atoms with van der Waals surface area (Å²) < 4.78 is 15.6. The number of piperidine rings is 1. The highest BCUT2D eigenvalue weighted by Gasteiger charge is 2.54. The fourth-order valence-electron chi connectivity index (χ4n) is 6.63. The Morgan fingerprint density at radius 3 is 2.80 bits per heavy atom. The number of ether oxygens (including phenoxy) is 2. The lowest BCUT2D eigenvalue weighted by Gasteiger charge is -2.33. The number of esters is 1. The number of aryl methyl sites for hydroxylation is 1. The molecule has 4 heterocycles. The van der Waals surface area contributed by atoms with Gasteiger partial charge in [0.15, 0.2) is 5.82 Å². The number of nitrogens with zero attached hydrogens (tertiary/aromatic N) is 5. The first kappa shape index (κ1) is 24.8. The molecule has 4 atom stereocenters. The lowest BCUT2D eigenvalue weighted by molar-refractivity contribution is -0.145. The van der Waals surface area contributed by atoms with Gasteiger partial charge in [-0.25, -0.2) is 14.8 Å². The number of nitrogens with two attached hydrogens (primary N) is 1. The minimum atomic E-state index is -0.504. The van der Waals surface area contributed by atoms with Gasteiger partial charge in [0.1, 0.15) is 23.0 Å². The van der Waals surface area contributed by atoms with Gasteiger partial charge in [0, 0.05) is 49.4 Å². The maximum atomic E-state index is 13.9. The van der Waals surface area contributed by atoms with E-state index in [9.17, 15) is 9.59 Å². The molecule has 2 N–H and O–H groups in total. The Hall–Kier alpha value is -4.18. The van der Waals surface area contributed by atoms with E-state index in [-0.39, 0.29) is 23.9 Å². The number of methoxy groups -OCH3 is 1. The third-order valence-electron chi connectivity index (χ3n) is 8.76. The van der Waals surface area contributed by atoms with E-state index in [0.717, 1.165) is 40.7 Å². The van der Waals surface area contributed by atoms with Crippen molar-refractivity contribution in [3.63, 3.8) is 0 Å². The molecule has 10 nitrogen and oxygen atoms in total. The molecule has 1 aliphatic heterocycles. The van der Waals surface area contributed by atoms with E-state index in [4.69, 9.17) is 20.2 Å². The number of carbonyl (C=O) groups is 2. The van der Waals surface area contributed by atoms with Crippen LogP contribution in [-0.4, -0.2) is 67.7 Å². The van der Waals surface area contributed by atoms with Crippen molar-refractivity contribution in [1.82, 2.24) is 24.0 Å². The van der Waals surface area contributed by atoms with Crippen molar-refractivity contribution < 1.29 is 19.1 Å². The van der Waals surface area contributed by atoms with Crippen LogP contribution in [-0.2, 0) is 23.1 Å². The summed E-state index contributed by atoms with van der Waals surface area (Å²) in [7, 11) is 3.57. The van der Waals surface area contributed by atoms with Gasteiger partial charge in [0.2, 0.25) is 0 Å². The van der Waals surface area contributed by atoms with Gasteiger partial charge in [-0.05, 0) is 61.4 Å². The summed E-state index contributed by atoms with van der Waals surface area (Å²) in [6.45, 7) is 4.91. The first-order valence-corrected chi connectivity index (χ1v) is 13.8. The molecule has 0 spiro atoms. The molecule has 3 fully saturated rings. The third kappa shape index (κ3) is 3.81. The number of hydrogen-bond acceptors (Lipinski definition) is 7. The molecule has 3 aliphatic rings. The van der Waals surface area contributed by atoms with Crippen LogP contribution >= 0.6 is 0 Å². The number of pyridine rings is 1. The molecule has 2 saturated carbocycles. The van der Waals surface area contributed by atoms with Crippen LogP contribution in [0.2, 0.25) is 0 Å². The van der Waals surface area contributed by atoms with Gasteiger partial charge in [-0.1, -0.05) is 6.58 Å². The summed E-state index contributed by atoms with van der Waals surface area (Å²) in [6, 6.07) is 9.11. The van der Waals surface area contributed by atoms with Crippen molar-refractivity contribution in [1.29, 1.82) is 0 Å². The van der Waals surface area contributed by atoms with Crippen LogP contribution in [0.5, 0.6) is 5.75 Å². The number of rotatable bonds is 7. The van der Waals surface area contributed by atoms with Gasteiger partial charge >= 0.3 is 5.97 Å². The van der Waals surface area contributed by atoms with E-state index in [2.05, 4.69) is 28.3 Å². The van der Waals surface area contributed by atoms with E-state index in [1.807, 2.05) is 29.9 Å². The molecule has 1 amide bonds. The molecular formula is C30H32N6O4. The Kier molecular flexibility index (Phi) is 5.71. The zero-order valence-corrected chi connectivity index (χ0v) is 22.6. The average molecular weight is 541 g/mol. The topological polar surface area (TPSA) is 118 Å². The van der Waals surface area contributed by atoms with Crippen molar-refractivity contribution in [3.05, 3.63) is 54.7 Å². The lowest BCUT2D eigenvalue weighted by Crippen LogP contribution is -2.49. The van der Waals surface area contributed by atoms with Crippen LogP contribution in [0.25, 0.3) is 33.6 Å². The fourth-order valence-corrected chi connectivity index (χ4v) is 6.63. The highest BCUT2D eigenvalue weighted by atomic mass is 16.5. The normalized spacial score (nSPS) is 23.7. The molecule has 40 heavy (non-hydrogen) atoms. The van der Waals surface area contributed by atoms with E-state index in [0.29, 0.717) is 35.7 Å². The Morgan fingerprint density at radius 2 is 2.08 bits per heavy atom. The van der Waals surface area contributed by atoms with Crippen molar-refractivity contribution in [2.45, 2.75) is 44.0 Å². The van der Waals surface area contributed by atoms with E-state index >= 15 is 0 Å². The summed E-state index contributed by atoms with van der Waals surface area (Å²) in [4.78, 5) is 37.2. The second-order valence-electron chi connectivity index (χ2n) is 11.2. The van der Waals surface area contributed by atoms with Crippen molar-refractivity contribution >= 4 is 33.9 Å². The van der Waals surface area contributed by atoms with E-state index < -0.39 is 12.1 Å². The van der Waals surface area contributed by atoms with Crippen LogP contribution < -0.4 is 10.5 Å². The Bertz CT molecular complexity index is 1680. The van der Waals surface area contributed by atoms with Crippen molar-refractivity contribution in [2.24, 2.45) is 24.6 Å². The van der Waals surface area contributed by atoms with E-state index in [1.165, 1.54) is 12.8 Å². The zero-order chi connectivity index (χ0) is 27.7. The maximum absolute atomic E-state index is 13.9. The Morgan fingerprint density at radius 1 is 1.25 bits per heavy atom. The highest BCUT2D eigenvalue weighted by molar-refractivity contribution is 6.00. The minimum absolute atomic E-state index is 0.0747. The second kappa shape index (κ2) is 9.19. The first-order chi connectivity index (χ1) is 19.4. The largest absolute Gasteiger partial charge is 0.494 e. The molecule has 2 aliphatic carbocycles. The smallest absolute Gasteiger partial charge is 0.330 e. The maximum Gasteiger partial charge on any atom is 0.330 e. The summed E-state index contributed by atoms with van der Waals surface area (Å²) in [6.07, 6.45) is 5.61. The first-order valence-electron chi connectivity index (χ1n) is 13.8. The van der Waals surface area contributed by atoms with Gasteiger partial charge in [0.05, 0.1) is 24.4 Å². The van der Waals surface area contributed by atoms with Gasteiger partial charge in [-0.3, -0.25) is 4.79 Å². The summed E-state index contributed by atoms with van der Waals surface area (Å²) in [5.74, 6) is 1.40. The molecule has 0 radical (unpaired) electrons. The molecule has 1 aromatic carbocycles. The van der Waals surface area contributed by atoms with E-state index in [1.54, 1.807) is 18.1 Å². The molecular weight excluding hydrogens is 508 g/mol. The van der Waals surface area contributed by atoms with Gasteiger partial charge in [-0.15, -0.1) is 0 Å². The Labute approximate surface area is 231 Å². The zero-order valence-electron chi connectivity index (χ0n) is 22.6. The third-order valence-corrected chi connectivity index (χ3v) is 8.76. The highest BCUT2D eigenvalue weighted by Crippen LogP contribution is 2.41. The second-order valence-corrected chi connectivity index (χ2v) is 11.2. The number of fused-ring (bicyclic) bond motifs is 4. The molecule has 3 aromatic heterocycles. The Balaban J connectivity index is 1.28. The van der Waals surface area contributed by atoms with Gasteiger partial charge in [0.25, 0.3) is 5.91 Å². The molecule has 206 valence electrons. The average Bonchev–Trinajstić information content (AvgIpc) is 3.40. The number of amides is 1. The molecule has 2 bridgehead atoms. The van der Waals surface area contributed by atoms with Crippen LogP contribution in [0.15, 0.2) is 49.2 Å². The van der Waals surface area contributed by atoms with Gasteiger partial charge < -0.3 is 29.2 Å². The summed E-state index contributed by atoms with van der Waals surface area (Å²) in [5, 5.41) is 1.07. The van der Waals surface area contributed by atoms with Crippen molar-refractivity contribution in [3.8, 4) is 17.3 Å². The number of likely N-dealkylation sites (tertiary alicyclic amines) is 1. The molecule has 4 unspecified atom stereocenters. The molecule has 7 rings (SSSR count). The molecule has 10 heteroatoms. The summed E-state index contributed by atoms with van der Waals surface area (Å²) in [5.41, 5.74) is 10.3. The number of benzene rings is 1. The predicted octanol–water partition coefficient (Wildman–Crippen LogP) is 3.28. The quantitative estimate of drug-likeness (QED) is 0.282. The van der Waals surface area contributed by atoms with Crippen molar-refractivity contribution in [2.75, 3.05) is 13.7 Å². The molecule has 1 saturated heterocycles. The van der Waals surface area contributed by atoms with Gasteiger partial charge in [-0.2, -0.15) is 0 Å². The van der Waals surface area contributed by atoms with Crippen LogP contribution in [0.4, 0.5) is 0 Å². The minimum Gasteiger partial charge on any atom is -0.494 e. The standard InChI is InChI=1S/C30H32N6O4/c1-4-24(37)40-23-13-19-15-36(27(23)25(19)31)30(38)18-10-20-26(22(12-18)39-3)34(2)29(33-20)21-11-17-6-5-9-32-28(17)35(21)14-16-7-8-16/h4-6,9-12,16,19,23,25,27H,1,7-8,13-15,31H2,2-3H3. The predicted molar refractivity (Wildman–Crippen MR) is 150 cm³/mol. The summed E-state index contributed by atoms with van der Waals surface area (Å²) >= 11 is 0. The number of hydrogen-bond donors (Lipinski definition) is 1. The van der Waals surface area contributed by atoms with Crippen LogP contribution in [0.3, 0.4) is 0 Å². The number of aromatic nitrogens is 4. The fraction of sp³-hybridized carbons (Fsp3) is 0.400. The van der Waals surface area contributed by atoms with Crippen LogP contribution in [0, 0.1) is 11.8 Å². The van der Waals surface area contributed by atoms with Crippen LogP contribution in [0.1, 0.15) is 29.6 Å².